The first-order valence-corrected chi connectivity index (χ1v) is 10.1. The van der Waals surface area contributed by atoms with Gasteiger partial charge in [0, 0.05) is 59.7 Å². The van der Waals surface area contributed by atoms with Crippen LogP contribution in [-0.2, 0) is 12.8 Å². The quantitative estimate of drug-likeness (QED) is 0.501. The molecule has 4 aromatic rings. The van der Waals surface area contributed by atoms with Crippen LogP contribution in [0.2, 0.25) is 0 Å². The first-order chi connectivity index (χ1) is 13.1. The second-order valence-corrected chi connectivity index (χ2v) is 8.05. The van der Waals surface area contributed by atoms with Crippen molar-refractivity contribution in [1.82, 2.24) is 15.0 Å². The van der Waals surface area contributed by atoms with Gasteiger partial charge in [-0.3, -0.25) is 4.98 Å². The van der Waals surface area contributed by atoms with E-state index in [1.54, 1.807) is 11.3 Å². The average Bonchev–Trinajstić information content (AvgIpc) is 3.29. The summed E-state index contributed by atoms with van der Waals surface area (Å²) in [5.41, 5.74) is 6.05. The SMILES string of the molecule is CCc1cc2ccc(N(C)CCc3nc(-c4ccncc4)sc3C)cc2[nH]1. The van der Waals surface area contributed by atoms with E-state index in [2.05, 4.69) is 60.0 Å². The van der Waals surface area contributed by atoms with Crippen molar-refractivity contribution in [2.24, 2.45) is 0 Å². The van der Waals surface area contributed by atoms with Gasteiger partial charge in [0.1, 0.15) is 5.01 Å². The zero-order valence-corrected chi connectivity index (χ0v) is 16.8. The Morgan fingerprint density at radius 3 is 2.70 bits per heavy atom. The molecule has 4 nitrogen and oxygen atoms in total. The van der Waals surface area contributed by atoms with Crippen molar-refractivity contribution in [3.05, 3.63) is 65.1 Å². The molecule has 1 N–H and O–H groups in total. The Bertz CT molecular complexity index is 1050. The highest BCUT2D eigenvalue weighted by Gasteiger charge is 2.11. The van der Waals surface area contributed by atoms with Crippen LogP contribution >= 0.6 is 11.3 Å². The molecular weight excluding hydrogens is 352 g/mol. The third-order valence-corrected chi connectivity index (χ3v) is 6.05. The van der Waals surface area contributed by atoms with Gasteiger partial charge in [-0.25, -0.2) is 4.98 Å². The summed E-state index contributed by atoms with van der Waals surface area (Å²) in [4.78, 5) is 16.1. The Morgan fingerprint density at radius 1 is 1.11 bits per heavy atom. The minimum atomic E-state index is 0.937. The Balaban J connectivity index is 1.47. The van der Waals surface area contributed by atoms with Gasteiger partial charge < -0.3 is 9.88 Å². The predicted octanol–water partition coefficient (Wildman–Crippen LogP) is 5.24. The van der Waals surface area contributed by atoms with Gasteiger partial charge in [-0.15, -0.1) is 11.3 Å². The van der Waals surface area contributed by atoms with Gasteiger partial charge in [0.05, 0.1) is 5.69 Å². The van der Waals surface area contributed by atoms with Crippen LogP contribution in [0.15, 0.2) is 48.8 Å². The van der Waals surface area contributed by atoms with E-state index in [4.69, 9.17) is 4.98 Å². The predicted molar refractivity (Wildman–Crippen MR) is 115 cm³/mol. The Labute approximate surface area is 163 Å². The van der Waals surface area contributed by atoms with Gasteiger partial charge in [0.15, 0.2) is 0 Å². The number of aryl methyl sites for hydroxylation is 2. The van der Waals surface area contributed by atoms with Crippen LogP contribution < -0.4 is 4.90 Å². The maximum Gasteiger partial charge on any atom is 0.123 e. The number of nitrogens with zero attached hydrogens (tertiary/aromatic N) is 3. The molecule has 3 heterocycles. The van der Waals surface area contributed by atoms with Crippen LogP contribution in [-0.4, -0.2) is 28.5 Å². The molecule has 27 heavy (non-hydrogen) atoms. The number of thiazole rings is 1. The van der Waals surface area contributed by atoms with Crippen molar-refractivity contribution in [3.63, 3.8) is 0 Å². The lowest BCUT2D eigenvalue weighted by Gasteiger charge is -2.19. The summed E-state index contributed by atoms with van der Waals surface area (Å²) in [5.74, 6) is 0. The molecule has 0 aliphatic rings. The monoisotopic (exact) mass is 376 g/mol. The maximum absolute atomic E-state index is 4.87. The summed E-state index contributed by atoms with van der Waals surface area (Å²) in [6.07, 6.45) is 5.61. The number of H-pyrrole nitrogens is 1. The van der Waals surface area contributed by atoms with Gasteiger partial charge in [0.2, 0.25) is 0 Å². The van der Waals surface area contributed by atoms with Crippen molar-refractivity contribution in [2.45, 2.75) is 26.7 Å². The molecule has 0 fully saturated rings. The molecule has 0 saturated heterocycles. The highest BCUT2D eigenvalue weighted by atomic mass is 32.1. The normalized spacial score (nSPS) is 11.2. The number of fused-ring (bicyclic) bond motifs is 1. The molecule has 5 heteroatoms. The van der Waals surface area contributed by atoms with E-state index in [-0.39, 0.29) is 0 Å². The molecule has 0 atom stereocenters. The lowest BCUT2D eigenvalue weighted by Crippen LogP contribution is -2.20. The Hall–Kier alpha value is -2.66. The molecule has 0 radical (unpaired) electrons. The Morgan fingerprint density at radius 2 is 1.93 bits per heavy atom. The molecule has 0 bridgehead atoms. The summed E-state index contributed by atoms with van der Waals surface area (Å²) in [6, 6.07) is 12.9. The van der Waals surface area contributed by atoms with Crippen molar-refractivity contribution < 1.29 is 0 Å². The summed E-state index contributed by atoms with van der Waals surface area (Å²) >= 11 is 1.76. The van der Waals surface area contributed by atoms with Crippen LogP contribution in [0.4, 0.5) is 5.69 Å². The minimum absolute atomic E-state index is 0.937. The molecule has 0 unspecified atom stereocenters. The zero-order chi connectivity index (χ0) is 18.8. The summed E-state index contributed by atoms with van der Waals surface area (Å²) in [5, 5.41) is 2.36. The molecule has 3 aromatic heterocycles. The molecule has 0 saturated carbocycles. The topological polar surface area (TPSA) is 44.8 Å². The van der Waals surface area contributed by atoms with Crippen molar-refractivity contribution in [2.75, 3.05) is 18.5 Å². The molecule has 1 aromatic carbocycles. The standard InChI is InChI=1S/C22H24N4S/c1-4-18-13-17-5-6-19(14-21(17)24-18)26(3)12-9-20-15(2)27-22(25-20)16-7-10-23-11-8-16/h5-8,10-11,13-14,24H,4,9,12H2,1-3H3. The number of nitrogens with one attached hydrogen (secondary N) is 1. The third-order valence-electron chi connectivity index (χ3n) is 4.99. The van der Waals surface area contributed by atoms with E-state index in [1.165, 1.54) is 32.9 Å². The summed E-state index contributed by atoms with van der Waals surface area (Å²) in [6.45, 7) is 5.27. The lowest BCUT2D eigenvalue weighted by atomic mass is 10.2. The molecule has 0 spiro atoms. The van der Waals surface area contributed by atoms with Gasteiger partial charge in [0.25, 0.3) is 0 Å². The highest BCUT2D eigenvalue weighted by molar-refractivity contribution is 7.15. The highest BCUT2D eigenvalue weighted by Crippen LogP contribution is 2.28. The first-order valence-electron chi connectivity index (χ1n) is 9.33. The molecule has 138 valence electrons. The molecule has 0 amide bonds. The zero-order valence-electron chi connectivity index (χ0n) is 16.0. The average molecular weight is 377 g/mol. The van der Waals surface area contributed by atoms with Gasteiger partial charge in [-0.2, -0.15) is 0 Å². The van der Waals surface area contributed by atoms with E-state index in [1.807, 2.05) is 24.5 Å². The van der Waals surface area contributed by atoms with Crippen molar-refractivity contribution >= 4 is 27.9 Å². The fraction of sp³-hybridized carbons (Fsp3) is 0.273. The number of aromatic nitrogens is 3. The summed E-state index contributed by atoms with van der Waals surface area (Å²) < 4.78 is 0. The van der Waals surface area contributed by atoms with Gasteiger partial charge >= 0.3 is 0 Å². The second kappa shape index (κ2) is 7.53. The number of aromatic amines is 1. The fourth-order valence-electron chi connectivity index (χ4n) is 3.28. The first kappa shape index (κ1) is 17.7. The van der Waals surface area contributed by atoms with E-state index in [0.29, 0.717) is 0 Å². The van der Waals surface area contributed by atoms with Crippen LogP contribution in [0.25, 0.3) is 21.5 Å². The van der Waals surface area contributed by atoms with E-state index in [0.717, 1.165) is 30.0 Å². The van der Waals surface area contributed by atoms with Crippen LogP contribution in [0.3, 0.4) is 0 Å². The number of rotatable bonds is 6. The van der Waals surface area contributed by atoms with E-state index < -0.39 is 0 Å². The van der Waals surface area contributed by atoms with Crippen LogP contribution in [0.1, 0.15) is 23.2 Å². The molecule has 0 aliphatic carbocycles. The van der Waals surface area contributed by atoms with Crippen molar-refractivity contribution in [1.29, 1.82) is 0 Å². The van der Waals surface area contributed by atoms with Gasteiger partial charge in [-0.05, 0) is 49.1 Å². The maximum atomic E-state index is 4.87. The van der Waals surface area contributed by atoms with E-state index in [9.17, 15) is 0 Å². The van der Waals surface area contributed by atoms with E-state index >= 15 is 0 Å². The minimum Gasteiger partial charge on any atom is -0.374 e. The number of benzene rings is 1. The largest absolute Gasteiger partial charge is 0.374 e. The number of anilines is 1. The Kier molecular flexibility index (Phi) is 4.94. The van der Waals surface area contributed by atoms with Gasteiger partial charge in [-0.1, -0.05) is 13.0 Å². The number of pyridine rings is 1. The second-order valence-electron chi connectivity index (χ2n) is 6.85. The molecular formula is C22H24N4S. The van der Waals surface area contributed by atoms with Crippen molar-refractivity contribution in [3.8, 4) is 10.6 Å². The summed E-state index contributed by atoms with van der Waals surface area (Å²) in [7, 11) is 2.15. The lowest BCUT2D eigenvalue weighted by molar-refractivity contribution is 0.855. The fourth-order valence-corrected chi connectivity index (χ4v) is 4.25. The molecule has 0 aliphatic heterocycles. The molecule has 4 rings (SSSR count). The van der Waals surface area contributed by atoms with Crippen LogP contribution in [0.5, 0.6) is 0 Å². The smallest absolute Gasteiger partial charge is 0.123 e. The van der Waals surface area contributed by atoms with Crippen LogP contribution in [0, 0.1) is 6.92 Å². The number of hydrogen-bond donors (Lipinski definition) is 1. The number of likely N-dealkylation sites (N-methyl/N-ethyl adjacent to an activating group) is 1. The third kappa shape index (κ3) is 3.74. The number of hydrogen-bond acceptors (Lipinski definition) is 4.